The zero-order valence-electron chi connectivity index (χ0n) is 9.96. The largest absolute Gasteiger partial charge is 0.345 e. The van der Waals surface area contributed by atoms with Crippen molar-refractivity contribution >= 4 is 17.3 Å². The molecular weight excluding hydrogens is 202 g/mol. The van der Waals surface area contributed by atoms with Crippen molar-refractivity contribution in [3.63, 3.8) is 0 Å². The van der Waals surface area contributed by atoms with Crippen LogP contribution in [0.5, 0.6) is 0 Å². The summed E-state index contributed by atoms with van der Waals surface area (Å²) < 4.78 is 0. The van der Waals surface area contributed by atoms with Gasteiger partial charge in [-0.05, 0) is 6.92 Å². The molecule has 0 aliphatic carbocycles. The maximum atomic E-state index is 11.0. The first-order chi connectivity index (χ1) is 7.43. The van der Waals surface area contributed by atoms with Crippen LogP contribution in [-0.4, -0.2) is 21.2 Å². The Kier molecular flexibility index (Phi) is 2.30. The predicted molar refractivity (Wildman–Crippen MR) is 62.7 cm³/mol. The summed E-state index contributed by atoms with van der Waals surface area (Å²) >= 11 is 0. The lowest BCUT2D eigenvalue weighted by Gasteiger charge is -2.19. The molecule has 0 aromatic carbocycles. The van der Waals surface area contributed by atoms with Crippen LogP contribution in [0.15, 0.2) is 6.20 Å². The van der Waals surface area contributed by atoms with Gasteiger partial charge in [-0.1, -0.05) is 20.8 Å². The molecule has 0 fully saturated rings. The van der Waals surface area contributed by atoms with Crippen LogP contribution in [0.3, 0.4) is 0 Å². The van der Waals surface area contributed by atoms with Gasteiger partial charge in [0.25, 0.3) is 0 Å². The monoisotopic (exact) mass is 217 g/mol. The SMILES string of the molecule is Cc1nc(C(C)(C)C)c2c(C=O)c[nH]c2n1. The summed E-state index contributed by atoms with van der Waals surface area (Å²) in [5, 5.41) is 0.841. The molecule has 0 aliphatic rings. The Morgan fingerprint density at radius 2 is 2.00 bits per heavy atom. The van der Waals surface area contributed by atoms with Gasteiger partial charge in [0.1, 0.15) is 11.5 Å². The zero-order valence-corrected chi connectivity index (χ0v) is 9.96. The van der Waals surface area contributed by atoms with E-state index in [2.05, 4.69) is 35.7 Å². The first-order valence-electron chi connectivity index (χ1n) is 5.25. The molecule has 0 spiro atoms. The van der Waals surface area contributed by atoms with Crippen molar-refractivity contribution < 1.29 is 4.79 Å². The number of nitrogens with one attached hydrogen (secondary N) is 1. The van der Waals surface area contributed by atoms with Gasteiger partial charge in [0, 0.05) is 17.2 Å². The summed E-state index contributed by atoms with van der Waals surface area (Å²) in [5.41, 5.74) is 2.17. The number of aromatic nitrogens is 3. The third-order valence-corrected chi connectivity index (χ3v) is 2.51. The number of carbonyl (C=O) groups excluding carboxylic acids is 1. The third-order valence-electron chi connectivity index (χ3n) is 2.51. The molecule has 1 N–H and O–H groups in total. The molecule has 0 aliphatic heterocycles. The van der Waals surface area contributed by atoms with Gasteiger partial charge < -0.3 is 4.98 Å². The molecule has 0 radical (unpaired) electrons. The van der Waals surface area contributed by atoms with Crippen molar-refractivity contribution in [2.24, 2.45) is 0 Å². The van der Waals surface area contributed by atoms with E-state index in [-0.39, 0.29) is 5.41 Å². The Hall–Kier alpha value is -1.71. The van der Waals surface area contributed by atoms with E-state index in [4.69, 9.17) is 0 Å². The predicted octanol–water partition coefficient (Wildman–Crippen LogP) is 2.38. The Balaban J connectivity index is 2.88. The summed E-state index contributed by atoms with van der Waals surface area (Å²) in [4.78, 5) is 22.7. The van der Waals surface area contributed by atoms with Crippen LogP contribution in [0, 0.1) is 6.92 Å². The number of rotatable bonds is 1. The van der Waals surface area contributed by atoms with E-state index in [9.17, 15) is 4.79 Å². The van der Waals surface area contributed by atoms with Crippen molar-refractivity contribution in [1.29, 1.82) is 0 Å². The van der Waals surface area contributed by atoms with E-state index in [0.29, 0.717) is 5.56 Å². The molecule has 2 heterocycles. The zero-order chi connectivity index (χ0) is 11.9. The highest BCUT2D eigenvalue weighted by atomic mass is 16.1. The van der Waals surface area contributed by atoms with Gasteiger partial charge >= 0.3 is 0 Å². The van der Waals surface area contributed by atoms with Gasteiger partial charge in [0.05, 0.1) is 11.1 Å². The molecule has 2 aromatic heterocycles. The van der Waals surface area contributed by atoms with E-state index < -0.39 is 0 Å². The maximum absolute atomic E-state index is 11.0. The van der Waals surface area contributed by atoms with Crippen LogP contribution < -0.4 is 0 Å². The Morgan fingerprint density at radius 3 is 2.56 bits per heavy atom. The lowest BCUT2D eigenvalue weighted by atomic mass is 9.89. The number of fused-ring (bicyclic) bond motifs is 1. The Labute approximate surface area is 94.1 Å². The van der Waals surface area contributed by atoms with Crippen LogP contribution >= 0.6 is 0 Å². The van der Waals surface area contributed by atoms with E-state index in [1.165, 1.54) is 0 Å². The first-order valence-corrected chi connectivity index (χ1v) is 5.25. The maximum Gasteiger partial charge on any atom is 0.152 e. The normalized spacial score (nSPS) is 12.0. The minimum absolute atomic E-state index is 0.105. The van der Waals surface area contributed by atoms with Crippen molar-refractivity contribution in [1.82, 2.24) is 15.0 Å². The quantitative estimate of drug-likeness (QED) is 0.746. The first kappa shape index (κ1) is 10.8. The highest BCUT2D eigenvalue weighted by Gasteiger charge is 2.22. The third kappa shape index (κ3) is 1.60. The van der Waals surface area contributed by atoms with E-state index in [0.717, 1.165) is 28.8 Å². The molecule has 0 bridgehead atoms. The molecule has 4 heteroatoms. The molecule has 0 amide bonds. The highest BCUT2D eigenvalue weighted by molar-refractivity contribution is 5.97. The Bertz CT molecular complexity index is 549. The van der Waals surface area contributed by atoms with Crippen molar-refractivity contribution in [2.45, 2.75) is 33.1 Å². The molecule has 2 rings (SSSR count). The second-order valence-electron chi connectivity index (χ2n) is 4.95. The van der Waals surface area contributed by atoms with E-state index in [1.54, 1.807) is 6.20 Å². The number of aromatic amines is 1. The van der Waals surface area contributed by atoms with Crippen LogP contribution in [0.2, 0.25) is 0 Å². The number of aldehydes is 1. The van der Waals surface area contributed by atoms with Crippen molar-refractivity contribution in [2.75, 3.05) is 0 Å². The minimum Gasteiger partial charge on any atom is -0.345 e. The number of hydrogen-bond donors (Lipinski definition) is 1. The average Bonchev–Trinajstić information content (AvgIpc) is 2.57. The summed E-state index contributed by atoms with van der Waals surface area (Å²) in [6.45, 7) is 8.09. The van der Waals surface area contributed by atoms with Gasteiger partial charge in [-0.3, -0.25) is 4.79 Å². The van der Waals surface area contributed by atoms with E-state index >= 15 is 0 Å². The molecule has 84 valence electrons. The van der Waals surface area contributed by atoms with Crippen LogP contribution in [0.4, 0.5) is 0 Å². The number of hydrogen-bond acceptors (Lipinski definition) is 3. The van der Waals surface area contributed by atoms with Crippen LogP contribution in [0.1, 0.15) is 42.6 Å². The lowest BCUT2D eigenvalue weighted by molar-refractivity contribution is 0.112. The molecule has 4 nitrogen and oxygen atoms in total. The average molecular weight is 217 g/mol. The van der Waals surface area contributed by atoms with Gasteiger partial charge in [0.15, 0.2) is 6.29 Å². The highest BCUT2D eigenvalue weighted by Crippen LogP contribution is 2.29. The number of carbonyl (C=O) groups is 1. The number of aryl methyl sites for hydroxylation is 1. The van der Waals surface area contributed by atoms with Crippen LogP contribution in [-0.2, 0) is 5.41 Å². The smallest absolute Gasteiger partial charge is 0.152 e. The number of H-pyrrole nitrogens is 1. The summed E-state index contributed by atoms with van der Waals surface area (Å²) in [7, 11) is 0. The summed E-state index contributed by atoms with van der Waals surface area (Å²) in [5.74, 6) is 0.719. The van der Waals surface area contributed by atoms with Gasteiger partial charge in [0.2, 0.25) is 0 Å². The minimum atomic E-state index is -0.105. The lowest BCUT2D eigenvalue weighted by Crippen LogP contribution is -2.15. The summed E-state index contributed by atoms with van der Waals surface area (Å²) in [6, 6.07) is 0. The van der Waals surface area contributed by atoms with Gasteiger partial charge in [-0.25, -0.2) is 9.97 Å². The van der Waals surface area contributed by atoms with Crippen LogP contribution in [0.25, 0.3) is 11.0 Å². The fourth-order valence-corrected chi connectivity index (χ4v) is 1.80. The summed E-state index contributed by atoms with van der Waals surface area (Å²) in [6.07, 6.45) is 2.52. The van der Waals surface area contributed by atoms with E-state index in [1.807, 2.05) is 6.92 Å². The topological polar surface area (TPSA) is 58.6 Å². The molecule has 0 unspecified atom stereocenters. The number of nitrogens with zero attached hydrogens (tertiary/aromatic N) is 2. The molecular formula is C12H15N3O. The fourth-order valence-electron chi connectivity index (χ4n) is 1.80. The standard InChI is InChI=1S/C12H15N3O/c1-7-14-10(12(2,3)4)9-8(6-16)5-13-11(9)15-7/h5-6H,1-4H3,(H,13,14,15). The molecule has 16 heavy (non-hydrogen) atoms. The van der Waals surface area contributed by atoms with Gasteiger partial charge in [-0.2, -0.15) is 0 Å². The fraction of sp³-hybridized carbons (Fsp3) is 0.417. The molecule has 0 saturated carbocycles. The van der Waals surface area contributed by atoms with Crippen molar-refractivity contribution in [3.8, 4) is 0 Å². The molecule has 2 aromatic rings. The van der Waals surface area contributed by atoms with Crippen molar-refractivity contribution in [3.05, 3.63) is 23.3 Å². The Morgan fingerprint density at radius 1 is 1.31 bits per heavy atom. The second-order valence-corrected chi connectivity index (χ2v) is 4.95. The van der Waals surface area contributed by atoms with Gasteiger partial charge in [-0.15, -0.1) is 0 Å². The molecule has 0 atom stereocenters. The molecule has 0 saturated heterocycles. The second kappa shape index (κ2) is 3.40.